The van der Waals surface area contributed by atoms with Gasteiger partial charge in [0.15, 0.2) is 0 Å². The highest BCUT2D eigenvalue weighted by Crippen LogP contribution is 2.28. The number of aryl methyl sites for hydroxylation is 1. The van der Waals surface area contributed by atoms with Gasteiger partial charge in [-0.1, -0.05) is 37.3 Å². The van der Waals surface area contributed by atoms with Crippen molar-refractivity contribution in [3.05, 3.63) is 48.0 Å². The molecular formula is C16H21NO. The predicted molar refractivity (Wildman–Crippen MR) is 74.3 cm³/mol. The molecule has 1 amide bonds. The number of hydrogen-bond donors (Lipinski definition) is 0. The first-order chi connectivity index (χ1) is 8.65. The van der Waals surface area contributed by atoms with Crippen molar-refractivity contribution < 1.29 is 4.79 Å². The summed E-state index contributed by atoms with van der Waals surface area (Å²) in [6.45, 7) is 8.84. The van der Waals surface area contributed by atoms with E-state index in [0.717, 1.165) is 13.0 Å². The van der Waals surface area contributed by atoms with E-state index in [2.05, 4.69) is 44.7 Å². The normalized spacial score (nSPS) is 21.1. The summed E-state index contributed by atoms with van der Waals surface area (Å²) in [4.78, 5) is 13.9. The summed E-state index contributed by atoms with van der Waals surface area (Å²) in [5.41, 5.74) is 2.55. The summed E-state index contributed by atoms with van der Waals surface area (Å²) in [6.07, 6.45) is 3.56. The molecule has 1 aliphatic rings. The number of hydrogen-bond acceptors (Lipinski definition) is 1. The molecule has 0 saturated carbocycles. The minimum atomic E-state index is 0.161. The summed E-state index contributed by atoms with van der Waals surface area (Å²) in [5, 5.41) is 0. The van der Waals surface area contributed by atoms with Crippen LogP contribution < -0.4 is 0 Å². The highest BCUT2D eigenvalue weighted by atomic mass is 16.2. The third-order valence-electron chi connectivity index (χ3n) is 3.86. The fourth-order valence-electron chi connectivity index (χ4n) is 2.50. The van der Waals surface area contributed by atoms with Crippen LogP contribution in [-0.2, 0) is 11.2 Å². The quantitative estimate of drug-likeness (QED) is 0.743. The maximum Gasteiger partial charge on any atom is 0.223 e. The van der Waals surface area contributed by atoms with Crippen molar-refractivity contribution in [2.45, 2.75) is 32.7 Å². The van der Waals surface area contributed by atoms with Gasteiger partial charge in [-0.2, -0.15) is 0 Å². The lowest BCUT2D eigenvalue weighted by Gasteiger charge is -2.25. The highest BCUT2D eigenvalue weighted by Gasteiger charge is 2.31. The first-order valence-electron chi connectivity index (χ1n) is 6.66. The summed E-state index contributed by atoms with van der Waals surface area (Å²) in [5.74, 6) is 0.557. The van der Waals surface area contributed by atoms with Gasteiger partial charge in [-0.3, -0.25) is 4.79 Å². The van der Waals surface area contributed by atoms with Gasteiger partial charge in [-0.15, -0.1) is 6.58 Å². The Morgan fingerprint density at radius 3 is 2.61 bits per heavy atom. The molecular weight excluding hydrogens is 222 g/mol. The average Bonchev–Trinajstić information content (AvgIpc) is 2.79. The Bertz CT molecular complexity index is 435. The molecule has 0 N–H and O–H groups in total. The number of carbonyl (C=O) groups is 1. The van der Waals surface area contributed by atoms with Crippen LogP contribution in [-0.4, -0.2) is 17.4 Å². The zero-order valence-electron chi connectivity index (χ0n) is 11.2. The van der Waals surface area contributed by atoms with E-state index in [9.17, 15) is 4.79 Å². The first kappa shape index (κ1) is 12.9. The van der Waals surface area contributed by atoms with Crippen molar-refractivity contribution in [2.75, 3.05) is 6.54 Å². The van der Waals surface area contributed by atoms with Crippen molar-refractivity contribution in [1.82, 2.24) is 4.90 Å². The van der Waals surface area contributed by atoms with Gasteiger partial charge in [-0.25, -0.2) is 0 Å². The number of carbonyl (C=O) groups excluding carboxylic acids is 1. The molecule has 1 aromatic rings. The fourth-order valence-corrected chi connectivity index (χ4v) is 2.50. The van der Waals surface area contributed by atoms with Crippen LogP contribution >= 0.6 is 0 Å². The molecule has 1 aliphatic heterocycles. The summed E-state index contributed by atoms with van der Waals surface area (Å²) >= 11 is 0. The van der Waals surface area contributed by atoms with E-state index in [-0.39, 0.29) is 11.9 Å². The molecule has 1 aromatic carbocycles. The van der Waals surface area contributed by atoms with E-state index in [4.69, 9.17) is 0 Å². The second kappa shape index (κ2) is 5.38. The van der Waals surface area contributed by atoms with Crippen LogP contribution in [0.3, 0.4) is 0 Å². The smallest absolute Gasteiger partial charge is 0.223 e. The third kappa shape index (κ3) is 2.47. The number of benzene rings is 1. The van der Waals surface area contributed by atoms with Gasteiger partial charge in [0.1, 0.15) is 0 Å². The van der Waals surface area contributed by atoms with Crippen LogP contribution in [0.4, 0.5) is 0 Å². The Kier molecular flexibility index (Phi) is 3.85. The Hall–Kier alpha value is -1.57. The van der Waals surface area contributed by atoms with Crippen molar-refractivity contribution >= 4 is 5.91 Å². The van der Waals surface area contributed by atoms with Gasteiger partial charge in [0.25, 0.3) is 0 Å². The van der Waals surface area contributed by atoms with Gasteiger partial charge >= 0.3 is 0 Å². The van der Waals surface area contributed by atoms with Crippen molar-refractivity contribution in [3.63, 3.8) is 0 Å². The van der Waals surface area contributed by atoms with Crippen molar-refractivity contribution in [1.29, 1.82) is 0 Å². The van der Waals surface area contributed by atoms with E-state index in [1.54, 1.807) is 0 Å². The van der Waals surface area contributed by atoms with Gasteiger partial charge in [-0.05, 0) is 24.5 Å². The van der Waals surface area contributed by atoms with E-state index < -0.39 is 0 Å². The van der Waals surface area contributed by atoms with Crippen molar-refractivity contribution in [2.24, 2.45) is 5.92 Å². The summed E-state index contributed by atoms with van der Waals surface area (Å²) in [7, 11) is 0. The second-order valence-corrected chi connectivity index (χ2v) is 5.02. The molecule has 96 valence electrons. The second-order valence-electron chi connectivity index (χ2n) is 5.02. The van der Waals surface area contributed by atoms with Gasteiger partial charge in [0.2, 0.25) is 5.91 Å². The van der Waals surface area contributed by atoms with Gasteiger partial charge in [0.05, 0.1) is 6.04 Å². The largest absolute Gasteiger partial charge is 0.335 e. The predicted octanol–water partition coefficient (Wildman–Crippen LogP) is 3.34. The van der Waals surface area contributed by atoms with E-state index in [1.807, 2.05) is 11.0 Å². The van der Waals surface area contributed by atoms with E-state index in [1.165, 1.54) is 11.1 Å². The van der Waals surface area contributed by atoms with E-state index >= 15 is 0 Å². The number of likely N-dealkylation sites (tertiary alicyclic amines) is 1. The summed E-state index contributed by atoms with van der Waals surface area (Å²) < 4.78 is 0. The number of amides is 1. The molecule has 1 fully saturated rings. The number of rotatable bonds is 4. The zero-order valence-corrected chi connectivity index (χ0v) is 11.2. The first-order valence-corrected chi connectivity index (χ1v) is 6.66. The molecule has 0 radical (unpaired) electrons. The average molecular weight is 243 g/mol. The molecule has 0 aliphatic carbocycles. The Labute approximate surface area is 109 Å². The molecule has 2 nitrogen and oxygen atoms in total. The molecule has 2 rings (SSSR count). The number of nitrogens with zero attached hydrogens (tertiary/aromatic N) is 1. The topological polar surface area (TPSA) is 20.3 Å². The van der Waals surface area contributed by atoms with Crippen LogP contribution in [0, 0.1) is 5.92 Å². The lowest BCUT2D eigenvalue weighted by atomic mass is 10.0. The maximum atomic E-state index is 12.0. The molecule has 2 unspecified atom stereocenters. The molecule has 18 heavy (non-hydrogen) atoms. The Morgan fingerprint density at radius 1 is 1.44 bits per heavy atom. The Balaban J connectivity index is 2.12. The van der Waals surface area contributed by atoms with Crippen molar-refractivity contribution in [3.8, 4) is 0 Å². The van der Waals surface area contributed by atoms with Crippen LogP contribution in [0.15, 0.2) is 36.9 Å². The molecule has 0 bridgehead atoms. The van der Waals surface area contributed by atoms with Crippen LogP contribution in [0.1, 0.15) is 37.4 Å². The molecule has 1 heterocycles. The highest BCUT2D eigenvalue weighted by molar-refractivity contribution is 5.79. The zero-order chi connectivity index (χ0) is 13.1. The molecule has 1 saturated heterocycles. The lowest BCUT2D eigenvalue weighted by Crippen LogP contribution is -2.28. The molecule has 0 aromatic heterocycles. The minimum absolute atomic E-state index is 0.161. The van der Waals surface area contributed by atoms with Crippen LogP contribution in [0.25, 0.3) is 0 Å². The molecule has 2 atom stereocenters. The monoisotopic (exact) mass is 243 g/mol. The van der Waals surface area contributed by atoms with E-state index in [0.29, 0.717) is 12.3 Å². The van der Waals surface area contributed by atoms with Gasteiger partial charge < -0.3 is 4.90 Å². The maximum absolute atomic E-state index is 12.0. The van der Waals surface area contributed by atoms with Gasteiger partial charge in [0, 0.05) is 18.9 Å². The van der Waals surface area contributed by atoms with Crippen LogP contribution in [0.5, 0.6) is 0 Å². The fraction of sp³-hybridized carbons (Fsp3) is 0.438. The molecule has 2 heteroatoms. The summed E-state index contributed by atoms with van der Waals surface area (Å²) in [6, 6.07) is 8.73. The Morgan fingerprint density at radius 2 is 2.11 bits per heavy atom. The standard InChI is InChI=1S/C16H21NO/c1-4-13-6-8-15(9-7-13)12(3)17-11-14(5-2)10-16(17)18/h5-9,12,14H,2,4,10-11H2,1,3H3. The third-order valence-corrected chi connectivity index (χ3v) is 3.86. The van der Waals surface area contributed by atoms with Crippen LogP contribution in [0.2, 0.25) is 0 Å². The minimum Gasteiger partial charge on any atom is -0.335 e. The lowest BCUT2D eigenvalue weighted by molar-refractivity contribution is -0.129. The SMILES string of the molecule is C=CC1CC(=O)N(C(C)c2ccc(CC)cc2)C1. The molecule has 0 spiro atoms.